The van der Waals surface area contributed by atoms with Gasteiger partial charge >= 0.3 is 17.9 Å². The van der Waals surface area contributed by atoms with Crippen LogP contribution in [-0.4, -0.2) is 85.8 Å². The first kappa shape index (κ1) is 64.5. The quantitative estimate of drug-likeness (QED) is 0.0217. The Bertz CT molecular complexity index is 2060. The second-order valence-corrected chi connectivity index (χ2v) is 24.4. The van der Waals surface area contributed by atoms with Crippen LogP contribution in [0, 0.1) is 37.2 Å². The second-order valence-electron chi connectivity index (χ2n) is 24.4. The molecule has 12 nitrogen and oxygen atoms in total. The third-order valence-corrected chi connectivity index (χ3v) is 12.8. The molecule has 0 aliphatic heterocycles. The zero-order chi connectivity index (χ0) is 53.7. The summed E-state index contributed by atoms with van der Waals surface area (Å²) in [5.74, 6) is 0.0737. The molecule has 1 atom stereocenters. The van der Waals surface area contributed by atoms with Crippen LogP contribution in [0.25, 0.3) is 0 Å². The van der Waals surface area contributed by atoms with E-state index in [1.54, 1.807) is 0 Å². The Hall–Kier alpha value is -3.60. The first-order valence-electron chi connectivity index (χ1n) is 25.8. The number of aromatic hydroxyl groups is 3. The number of hydrogen-bond acceptors (Lipinski definition) is 12. The Balaban J connectivity index is 0.0000178. The molecule has 0 aliphatic carbocycles. The molecule has 3 aromatic rings. The number of phenolic OH excluding ortho intramolecular Hbond substituents is 3. The van der Waals surface area contributed by atoms with Crippen LogP contribution in [0.4, 0.5) is 0 Å². The number of carbonyl (C=O) groups is 3. The molecule has 6 N–H and O–H groups in total. The van der Waals surface area contributed by atoms with E-state index in [0.717, 1.165) is 62.5 Å². The minimum absolute atomic E-state index is 0. The number of rotatable bonds is 24. The Morgan fingerprint density at radius 1 is 0.514 bits per heavy atom. The van der Waals surface area contributed by atoms with Crippen LogP contribution in [0.3, 0.4) is 0 Å². The number of nitrogens with one attached hydrogen (secondary N) is 3. The van der Waals surface area contributed by atoms with Crippen LogP contribution in [0.15, 0.2) is 36.4 Å². The van der Waals surface area contributed by atoms with Crippen molar-refractivity contribution in [2.75, 3.05) is 52.5 Å². The van der Waals surface area contributed by atoms with Gasteiger partial charge in [0, 0.05) is 63.6 Å². The fourth-order valence-electron chi connectivity index (χ4n) is 8.34. The van der Waals surface area contributed by atoms with Gasteiger partial charge in [-0.15, -0.1) is 13.1 Å². The van der Waals surface area contributed by atoms with Crippen LogP contribution in [0.2, 0.25) is 0 Å². The van der Waals surface area contributed by atoms with Crippen molar-refractivity contribution in [3.05, 3.63) is 92.5 Å². The number of benzene rings is 3. The summed E-state index contributed by atoms with van der Waals surface area (Å²) in [6.07, 6.45) is 2.34. The maximum absolute atomic E-state index is 13.1. The van der Waals surface area contributed by atoms with E-state index in [4.69, 9.17) is 14.2 Å². The number of hydrogen-bond donors (Lipinski definition) is 6. The maximum atomic E-state index is 13.1. The molecule has 0 amide bonds. The van der Waals surface area contributed by atoms with E-state index in [1.165, 1.54) is 0 Å². The third kappa shape index (κ3) is 20.6. The summed E-state index contributed by atoms with van der Waals surface area (Å²) in [6, 6.07) is 12.7. The summed E-state index contributed by atoms with van der Waals surface area (Å²) in [6.45, 7) is 37.6. The Morgan fingerprint density at radius 3 is 1.21 bits per heavy atom. The van der Waals surface area contributed by atoms with Gasteiger partial charge in [0.15, 0.2) is 0 Å². The van der Waals surface area contributed by atoms with Crippen LogP contribution >= 0.6 is 0 Å². The Kier molecular flexibility index (Phi) is 24.9. The average Bonchev–Trinajstić information content (AvgIpc) is 3.24. The van der Waals surface area contributed by atoms with E-state index in [2.05, 4.69) is 113 Å². The average molecular weight is 1230 g/mol. The zero-order valence-electron chi connectivity index (χ0n) is 47.2. The van der Waals surface area contributed by atoms with Gasteiger partial charge in [-0.2, -0.15) is 0 Å². The SMILES string of the molecule is CCC(C)c1cc(CC(=O)OCCN[C-](CNCCOC(=O)CCc2cc(C(C)(C)C)c(O)c(C(C)(C)C)c2)CNCCOC(=O)CCc2cc(C(C)(C)C)c(O)c(C(C)(C)C)c2)cc(C(C)(C)C)c1O.[U]. The second kappa shape index (κ2) is 27.8. The standard InChI is InChI=1S/C59H92N3O9.U/c1-18-38(2)43-29-41(34-44(52(43)66)55(3,4)5)35-51(65)71-28-25-62-42(36-60-23-26-69-49(63)21-19-39-30-45(56(6,7)8)53(67)46(31-39)57(9,10)11)37-61-24-27-70-50(64)22-20-40-32-47(58(12,13)14)54(68)48(33-40)59(15,16)17;/h29-34,38,60-62,66-68H,18-28,35-37H2,1-17H3;/q-1;. The van der Waals surface area contributed by atoms with Gasteiger partial charge in [-0.3, -0.25) is 14.4 Å². The predicted molar refractivity (Wildman–Crippen MR) is 287 cm³/mol. The van der Waals surface area contributed by atoms with E-state index in [1.807, 2.05) is 57.2 Å². The minimum Gasteiger partial charge on any atom is -0.507 e. The molecule has 0 radical (unpaired) electrons. The van der Waals surface area contributed by atoms with Crippen molar-refractivity contribution in [2.24, 2.45) is 0 Å². The van der Waals surface area contributed by atoms with E-state index in [0.29, 0.717) is 62.8 Å². The summed E-state index contributed by atoms with van der Waals surface area (Å²) in [5.41, 5.74) is 6.47. The van der Waals surface area contributed by atoms with Gasteiger partial charge in [0.25, 0.3) is 0 Å². The summed E-state index contributed by atoms with van der Waals surface area (Å²) >= 11 is 0. The first-order valence-corrected chi connectivity index (χ1v) is 25.8. The summed E-state index contributed by atoms with van der Waals surface area (Å²) in [4.78, 5) is 38.9. The van der Waals surface area contributed by atoms with Crippen molar-refractivity contribution < 1.29 is 75.0 Å². The molecular formula is C59H92N3O9U-. The predicted octanol–water partition coefficient (Wildman–Crippen LogP) is 10.5. The molecule has 402 valence electrons. The smallest absolute Gasteiger partial charge is 0.310 e. The Labute approximate surface area is 457 Å². The number of carbonyl (C=O) groups excluding carboxylic acids is 3. The monoisotopic (exact) mass is 1220 g/mol. The Morgan fingerprint density at radius 2 is 0.847 bits per heavy atom. The van der Waals surface area contributed by atoms with Crippen LogP contribution in [0.1, 0.15) is 193 Å². The fraction of sp³-hybridized carbons (Fsp3) is 0.627. The van der Waals surface area contributed by atoms with Crippen molar-refractivity contribution in [2.45, 2.75) is 189 Å². The number of aryl methyl sites for hydroxylation is 2. The molecule has 72 heavy (non-hydrogen) atoms. The first-order chi connectivity index (χ1) is 32.7. The molecule has 0 bridgehead atoms. The molecule has 0 heterocycles. The van der Waals surface area contributed by atoms with Gasteiger partial charge in [0.05, 0.1) is 6.42 Å². The summed E-state index contributed by atoms with van der Waals surface area (Å²) in [5, 5.41) is 43.4. The van der Waals surface area contributed by atoms with Gasteiger partial charge < -0.3 is 45.5 Å². The molecule has 1 unspecified atom stereocenters. The third-order valence-electron chi connectivity index (χ3n) is 12.8. The van der Waals surface area contributed by atoms with Crippen molar-refractivity contribution in [1.82, 2.24) is 16.0 Å². The van der Waals surface area contributed by atoms with Crippen molar-refractivity contribution in [1.29, 1.82) is 0 Å². The van der Waals surface area contributed by atoms with E-state index >= 15 is 0 Å². The molecule has 0 aliphatic rings. The molecule has 0 saturated heterocycles. The number of phenols is 3. The normalized spacial score (nSPS) is 12.9. The molecule has 3 aromatic carbocycles. The van der Waals surface area contributed by atoms with Crippen LogP contribution in [-0.2, 0) is 74.9 Å². The van der Waals surface area contributed by atoms with E-state index in [9.17, 15) is 29.7 Å². The van der Waals surface area contributed by atoms with Crippen molar-refractivity contribution in [3.8, 4) is 17.2 Å². The van der Waals surface area contributed by atoms with Gasteiger partial charge in [0.1, 0.15) is 37.1 Å². The number of ether oxygens (including phenoxy) is 3. The molecule has 0 saturated carbocycles. The topological polar surface area (TPSA) is 176 Å². The van der Waals surface area contributed by atoms with Gasteiger partial charge in [0.2, 0.25) is 0 Å². The van der Waals surface area contributed by atoms with E-state index < -0.39 is 0 Å². The molecule has 0 aromatic heterocycles. The van der Waals surface area contributed by atoms with Crippen molar-refractivity contribution in [3.63, 3.8) is 0 Å². The largest absolute Gasteiger partial charge is 0.507 e. The maximum Gasteiger partial charge on any atom is 0.310 e. The van der Waals surface area contributed by atoms with Crippen molar-refractivity contribution >= 4 is 17.9 Å². The van der Waals surface area contributed by atoms with Crippen LogP contribution in [0.5, 0.6) is 17.2 Å². The molecule has 3 rings (SSSR count). The minimum atomic E-state index is -0.363. The number of esters is 3. The summed E-state index contributed by atoms with van der Waals surface area (Å²) < 4.78 is 16.9. The van der Waals surface area contributed by atoms with E-state index in [-0.39, 0.29) is 121 Å². The molecule has 0 spiro atoms. The molecule has 13 heteroatoms. The summed E-state index contributed by atoms with van der Waals surface area (Å²) in [7, 11) is 0. The van der Waals surface area contributed by atoms with Gasteiger partial charge in [-0.25, -0.2) is 6.04 Å². The fourth-order valence-corrected chi connectivity index (χ4v) is 8.34. The molecule has 0 fully saturated rings. The van der Waals surface area contributed by atoms with Gasteiger partial charge in [-0.05, 0) is 102 Å². The van der Waals surface area contributed by atoms with Crippen LogP contribution < -0.4 is 16.0 Å². The molecular weight excluding hydrogens is 1130 g/mol. The van der Waals surface area contributed by atoms with Gasteiger partial charge in [-0.1, -0.05) is 154 Å². The zero-order valence-corrected chi connectivity index (χ0v) is 51.4.